The minimum atomic E-state index is -0.344. The Kier molecular flexibility index (Phi) is 5.77. The van der Waals surface area contributed by atoms with Gasteiger partial charge in [-0.1, -0.05) is 35.9 Å². The summed E-state index contributed by atoms with van der Waals surface area (Å²) in [5.41, 5.74) is 1.73. The number of carbonyl (C=O) groups excluding carboxylic acids is 1. The van der Waals surface area contributed by atoms with Gasteiger partial charge in [-0.25, -0.2) is 9.18 Å². The van der Waals surface area contributed by atoms with Gasteiger partial charge >= 0.3 is 6.03 Å². The van der Waals surface area contributed by atoms with Crippen LogP contribution in [0.5, 0.6) is 5.75 Å². The number of halogens is 1. The van der Waals surface area contributed by atoms with Crippen LogP contribution in [0.1, 0.15) is 11.1 Å². The summed E-state index contributed by atoms with van der Waals surface area (Å²) in [5, 5.41) is 5.24. The summed E-state index contributed by atoms with van der Waals surface area (Å²) in [4.78, 5) is 11.6. The van der Waals surface area contributed by atoms with Gasteiger partial charge in [-0.15, -0.1) is 0 Å². The standard InChI is InChI=1S/C17H19FN2O2/c1-13-6-8-15(9-7-13)22-12-20-17(21)19-11-10-14-4-2-3-5-16(14)18/h2-9H,10-12H2,1H3,(H2,19,20,21). The van der Waals surface area contributed by atoms with E-state index in [0.717, 1.165) is 5.56 Å². The van der Waals surface area contributed by atoms with E-state index in [-0.39, 0.29) is 18.6 Å². The van der Waals surface area contributed by atoms with Gasteiger partial charge in [0.1, 0.15) is 11.6 Å². The molecule has 0 unspecified atom stereocenters. The average molecular weight is 302 g/mol. The molecule has 116 valence electrons. The molecule has 0 atom stereocenters. The monoisotopic (exact) mass is 302 g/mol. The largest absolute Gasteiger partial charge is 0.473 e. The van der Waals surface area contributed by atoms with Crippen LogP contribution in [0.15, 0.2) is 48.5 Å². The molecule has 2 aromatic carbocycles. The number of hydrogen-bond donors (Lipinski definition) is 2. The van der Waals surface area contributed by atoms with Crippen molar-refractivity contribution < 1.29 is 13.9 Å². The SMILES string of the molecule is Cc1ccc(OCNC(=O)NCCc2ccccc2F)cc1. The first-order chi connectivity index (χ1) is 10.6. The first-order valence-corrected chi connectivity index (χ1v) is 7.10. The van der Waals surface area contributed by atoms with Crippen LogP contribution in [-0.4, -0.2) is 19.3 Å². The lowest BCUT2D eigenvalue weighted by atomic mass is 10.1. The molecule has 0 aliphatic carbocycles. The molecule has 4 nitrogen and oxygen atoms in total. The van der Waals surface area contributed by atoms with Gasteiger partial charge < -0.3 is 15.4 Å². The van der Waals surface area contributed by atoms with Gasteiger partial charge in [0.25, 0.3) is 0 Å². The average Bonchev–Trinajstić information content (AvgIpc) is 2.51. The fourth-order valence-electron chi connectivity index (χ4n) is 1.89. The molecule has 5 heteroatoms. The number of benzene rings is 2. The van der Waals surface area contributed by atoms with E-state index < -0.39 is 0 Å². The number of urea groups is 1. The molecular formula is C17H19FN2O2. The highest BCUT2D eigenvalue weighted by molar-refractivity contribution is 5.73. The first kappa shape index (κ1) is 15.8. The highest BCUT2D eigenvalue weighted by Gasteiger charge is 2.03. The molecule has 2 aromatic rings. The molecule has 0 fully saturated rings. The van der Waals surface area contributed by atoms with Crippen molar-refractivity contribution in [1.29, 1.82) is 0 Å². The molecule has 0 bridgehead atoms. The van der Waals surface area contributed by atoms with E-state index in [2.05, 4.69) is 10.6 Å². The maximum absolute atomic E-state index is 13.4. The lowest BCUT2D eigenvalue weighted by Crippen LogP contribution is -2.38. The van der Waals surface area contributed by atoms with Gasteiger partial charge in [0, 0.05) is 6.54 Å². The number of carbonyl (C=O) groups is 1. The third-order valence-corrected chi connectivity index (χ3v) is 3.13. The lowest BCUT2D eigenvalue weighted by molar-refractivity contribution is 0.224. The lowest BCUT2D eigenvalue weighted by Gasteiger charge is -2.09. The second-order valence-corrected chi connectivity index (χ2v) is 4.88. The maximum Gasteiger partial charge on any atom is 0.317 e. The number of amides is 2. The number of rotatable bonds is 6. The molecule has 0 radical (unpaired) electrons. The van der Waals surface area contributed by atoms with E-state index in [9.17, 15) is 9.18 Å². The molecule has 0 saturated heterocycles. The van der Waals surface area contributed by atoms with Crippen molar-refractivity contribution in [3.63, 3.8) is 0 Å². The second-order valence-electron chi connectivity index (χ2n) is 4.88. The Morgan fingerprint density at radius 3 is 2.55 bits per heavy atom. The Morgan fingerprint density at radius 2 is 1.82 bits per heavy atom. The van der Waals surface area contributed by atoms with Gasteiger partial charge in [-0.3, -0.25) is 0 Å². The van der Waals surface area contributed by atoms with E-state index in [1.54, 1.807) is 18.2 Å². The summed E-state index contributed by atoms with van der Waals surface area (Å²) in [6.07, 6.45) is 0.443. The van der Waals surface area contributed by atoms with Crippen LogP contribution in [0.2, 0.25) is 0 Å². The van der Waals surface area contributed by atoms with Crippen molar-refractivity contribution in [1.82, 2.24) is 10.6 Å². The van der Waals surface area contributed by atoms with E-state index in [0.29, 0.717) is 24.3 Å². The van der Waals surface area contributed by atoms with E-state index >= 15 is 0 Å². The van der Waals surface area contributed by atoms with Crippen LogP contribution >= 0.6 is 0 Å². The quantitative estimate of drug-likeness (QED) is 0.806. The van der Waals surface area contributed by atoms with Gasteiger partial charge in [-0.2, -0.15) is 0 Å². The first-order valence-electron chi connectivity index (χ1n) is 7.10. The summed E-state index contributed by atoms with van der Waals surface area (Å²) in [7, 11) is 0. The molecule has 0 heterocycles. The summed E-state index contributed by atoms with van der Waals surface area (Å²) in [6.45, 7) is 2.43. The fourth-order valence-corrected chi connectivity index (χ4v) is 1.89. The highest BCUT2D eigenvalue weighted by atomic mass is 19.1. The topological polar surface area (TPSA) is 50.4 Å². The van der Waals surface area contributed by atoms with Crippen molar-refractivity contribution in [2.75, 3.05) is 13.3 Å². The Hall–Kier alpha value is -2.56. The van der Waals surface area contributed by atoms with Crippen LogP contribution in [-0.2, 0) is 6.42 Å². The zero-order valence-corrected chi connectivity index (χ0v) is 12.4. The third kappa shape index (κ3) is 5.09. The minimum Gasteiger partial charge on any atom is -0.473 e. The molecule has 0 saturated carbocycles. The summed E-state index contributed by atoms with van der Waals surface area (Å²) in [6, 6.07) is 13.7. The van der Waals surface area contributed by atoms with Crippen molar-refractivity contribution in [3.05, 3.63) is 65.5 Å². The maximum atomic E-state index is 13.4. The Balaban J connectivity index is 1.64. The Bertz CT molecular complexity index is 614. The second kappa shape index (κ2) is 8.02. The molecule has 22 heavy (non-hydrogen) atoms. The van der Waals surface area contributed by atoms with E-state index in [4.69, 9.17) is 4.74 Å². The fraction of sp³-hybridized carbons (Fsp3) is 0.235. The van der Waals surface area contributed by atoms with Crippen LogP contribution < -0.4 is 15.4 Å². The van der Waals surface area contributed by atoms with E-state index in [1.165, 1.54) is 6.07 Å². The Labute approximate surface area is 129 Å². The van der Waals surface area contributed by atoms with Gasteiger partial charge in [-0.05, 0) is 37.1 Å². The zero-order chi connectivity index (χ0) is 15.8. The predicted molar refractivity (Wildman–Crippen MR) is 83.3 cm³/mol. The zero-order valence-electron chi connectivity index (χ0n) is 12.4. The molecule has 2 N–H and O–H groups in total. The molecule has 0 aromatic heterocycles. The van der Waals surface area contributed by atoms with Crippen LogP contribution in [0, 0.1) is 12.7 Å². The summed E-state index contributed by atoms with van der Waals surface area (Å²) >= 11 is 0. The van der Waals surface area contributed by atoms with Gasteiger partial charge in [0.2, 0.25) is 0 Å². The highest BCUT2D eigenvalue weighted by Crippen LogP contribution is 2.10. The number of hydrogen-bond acceptors (Lipinski definition) is 2. The third-order valence-electron chi connectivity index (χ3n) is 3.13. The molecule has 0 spiro atoms. The van der Waals surface area contributed by atoms with Crippen molar-refractivity contribution >= 4 is 6.03 Å². The molecule has 0 aliphatic heterocycles. The number of aryl methyl sites for hydroxylation is 1. The number of nitrogens with one attached hydrogen (secondary N) is 2. The smallest absolute Gasteiger partial charge is 0.317 e. The van der Waals surface area contributed by atoms with Gasteiger partial charge in [0.15, 0.2) is 6.73 Å². The summed E-state index contributed by atoms with van der Waals surface area (Å²) in [5.74, 6) is 0.435. The summed E-state index contributed by atoms with van der Waals surface area (Å²) < 4.78 is 18.8. The van der Waals surface area contributed by atoms with Crippen molar-refractivity contribution in [2.45, 2.75) is 13.3 Å². The van der Waals surface area contributed by atoms with Crippen molar-refractivity contribution in [3.8, 4) is 5.75 Å². The van der Waals surface area contributed by atoms with E-state index in [1.807, 2.05) is 31.2 Å². The normalized spacial score (nSPS) is 10.1. The number of ether oxygens (including phenoxy) is 1. The Morgan fingerprint density at radius 1 is 1.09 bits per heavy atom. The molecule has 2 amide bonds. The molecule has 0 aliphatic rings. The predicted octanol–water partition coefficient (Wildman–Crippen LogP) is 3.01. The molecular weight excluding hydrogens is 283 g/mol. The van der Waals surface area contributed by atoms with Crippen LogP contribution in [0.25, 0.3) is 0 Å². The van der Waals surface area contributed by atoms with Crippen molar-refractivity contribution in [2.24, 2.45) is 0 Å². The van der Waals surface area contributed by atoms with Crippen LogP contribution in [0.4, 0.5) is 9.18 Å². The molecule has 2 rings (SSSR count). The van der Waals surface area contributed by atoms with Crippen LogP contribution in [0.3, 0.4) is 0 Å². The minimum absolute atomic E-state index is 0.0780. The van der Waals surface area contributed by atoms with Gasteiger partial charge in [0.05, 0.1) is 0 Å².